The van der Waals surface area contributed by atoms with E-state index in [1.54, 1.807) is 0 Å². The quantitative estimate of drug-likeness (QED) is 0.609. The number of benzene rings is 1. The van der Waals surface area contributed by atoms with E-state index in [0.29, 0.717) is 0 Å². The minimum atomic E-state index is 0.750. The van der Waals surface area contributed by atoms with Crippen LogP contribution in [0.25, 0.3) is 0 Å². The van der Waals surface area contributed by atoms with E-state index in [-0.39, 0.29) is 0 Å². The summed E-state index contributed by atoms with van der Waals surface area (Å²) in [7, 11) is 0. The average molecular weight is 319 g/mol. The molecule has 0 amide bonds. The van der Waals surface area contributed by atoms with E-state index in [4.69, 9.17) is 11.6 Å². The number of nitrogens with zero attached hydrogens (tertiary/aromatic N) is 2. The van der Waals surface area contributed by atoms with Crippen LogP contribution in [0.1, 0.15) is 12.5 Å². The molecule has 0 spiro atoms. The van der Waals surface area contributed by atoms with Gasteiger partial charge in [-0.3, -0.25) is 4.99 Å². The molecule has 0 fully saturated rings. The van der Waals surface area contributed by atoms with Crippen molar-refractivity contribution < 1.29 is 0 Å². The second-order valence-corrected chi connectivity index (χ2v) is 5.42. The molecule has 2 N–H and O–H groups in total. The summed E-state index contributed by atoms with van der Waals surface area (Å²) in [6.45, 7) is 5.45. The first kappa shape index (κ1) is 16.4. The number of hydrogen-bond donors (Lipinski definition) is 2. The lowest BCUT2D eigenvalue weighted by Gasteiger charge is -2.11. The van der Waals surface area contributed by atoms with Crippen LogP contribution in [0, 0.1) is 0 Å². The molecule has 0 unspecified atom stereocenters. The van der Waals surface area contributed by atoms with Crippen molar-refractivity contribution in [1.29, 1.82) is 0 Å². The van der Waals surface area contributed by atoms with E-state index in [2.05, 4.69) is 39.5 Å². The number of rotatable bonds is 7. The van der Waals surface area contributed by atoms with Crippen molar-refractivity contribution in [3.05, 3.63) is 59.4 Å². The van der Waals surface area contributed by atoms with Gasteiger partial charge in [-0.25, -0.2) is 0 Å². The van der Waals surface area contributed by atoms with Crippen molar-refractivity contribution >= 4 is 17.6 Å². The monoisotopic (exact) mass is 318 g/mol. The van der Waals surface area contributed by atoms with Gasteiger partial charge in [0, 0.05) is 43.6 Å². The summed E-state index contributed by atoms with van der Waals surface area (Å²) in [5, 5.41) is 7.39. The summed E-state index contributed by atoms with van der Waals surface area (Å²) >= 11 is 5.89. The van der Waals surface area contributed by atoms with Crippen LogP contribution in [0.4, 0.5) is 0 Å². The van der Waals surface area contributed by atoms with E-state index in [9.17, 15) is 0 Å². The third-order valence-electron chi connectivity index (χ3n) is 3.26. The van der Waals surface area contributed by atoms with E-state index < -0.39 is 0 Å². The molecular weight excluding hydrogens is 296 g/mol. The van der Waals surface area contributed by atoms with Crippen LogP contribution in [0.15, 0.2) is 53.8 Å². The predicted octanol–water partition coefficient (Wildman–Crippen LogP) is 2.94. The first-order chi connectivity index (χ1) is 10.8. The molecule has 0 saturated heterocycles. The zero-order chi connectivity index (χ0) is 15.6. The van der Waals surface area contributed by atoms with Crippen LogP contribution in [0.2, 0.25) is 5.02 Å². The molecule has 0 atom stereocenters. The Balaban J connectivity index is 1.77. The first-order valence-electron chi connectivity index (χ1n) is 7.65. The molecule has 0 radical (unpaired) electrons. The fourth-order valence-corrected chi connectivity index (χ4v) is 2.24. The molecule has 0 aliphatic heterocycles. The minimum absolute atomic E-state index is 0.750. The Morgan fingerprint density at radius 3 is 2.55 bits per heavy atom. The molecule has 2 aromatic rings. The lowest BCUT2D eigenvalue weighted by atomic mass is 10.1. The number of nitrogens with one attached hydrogen (secondary N) is 2. The fraction of sp³-hybridized carbons (Fsp3) is 0.353. The van der Waals surface area contributed by atoms with Crippen LogP contribution in [-0.2, 0) is 13.0 Å². The highest BCUT2D eigenvalue weighted by molar-refractivity contribution is 6.30. The summed E-state index contributed by atoms with van der Waals surface area (Å²) in [6.07, 6.45) is 5.03. The lowest BCUT2D eigenvalue weighted by molar-refractivity contribution is 0.665. The highest BCUT2D eigenvalue weighted by Gasteiger charge is 1.98. The van der Waals surface area contributed by atoms with Crippen LogP contribution in [-0.4, -0.2) is 30.2 Å². The van der Waals surface area contributed by atoms with E-state index in [0.717, 1.165) is 43.6 Å². The van der Waals surface area contributed by atoms with Gasteiger partial charge >= 0.3 is 0 Å². The highest BCUT2D eigenvalue weighted by Crippen LogP contribution is 2.09. The van der Waals surface area contributed by atoms with Gasteiger partial charge in [0.25, 0.3) is 0 Å². The summed E-state index contributed by atoms with van der Waals surface area (Å²) < 4.78 is 2.14. The molecule has 5 heteroatoms. The maximum absolute atomic E-state index is 5.89. The Hall–Kier alpha value is -1.94. The van der Waals surface area contributed by atoms with Gasteiger partial charge in [-0.2, -0.15) is 0 Å². The highest BCUT2D eigenvalue weighted by atomic mass is 35.5. The van der Waals surface area contributed by atoms with E-state index in [1.165, 1.54) is 5.56 Å². The fourth-order valence-electron chi connectivity index (χ4n) is 2.11. The Bertz CT molecular complexity index is 561. The van der Waals surface area contributed by atoms with Crippen molar-refractivity contribution in [2.75, 3.05) is 19.6 Å². The maximum atomic E-state index is 5.89. The molecule has 118 valence electrons. The van der Waals surface area contributed by atoms with Crippen molar-refractivity contribution in [3.63, 3.8) is 0 Å². The molecule has 0 aliphatic rings. The summed E-state index contributed by atoms with van der Waals surface area (Å²) in [4.78, 5) is 4.60. The molecule has 1 aromatic heterocycles. The van der Waals surface area contributed by atoms with Crippen molar-refractivity contribution in [1.82, 2.24) is 15.2 Å². The third kappa shape index (κ3) is 5.82. The number of hydrogen-bond acceptors (Lipinski definition) is 1. The molecular formula is C17H23ClN4. The van der Waals surface area contributed by atoms with Crippen LogP contribution >= 0.6 is 11.6 Å². The Labute approximate surface area is 137 Å². The third-order valence-corrected chi connectivity index (χ3v) is 3.51. The largest absolute Gasteiger partial charge is 0.357 e. The Morgan fingerprint density at radius 1 is 1.14 bits per heavy atom. The number of guanidine groups is 1. The number of aromatic nitrogens is 1. The zero-order valence-electron chi connectivity index (χ0n) is 12.9. The molecule has 1 heterocycles. The Morgan fingerprint density at radius 2 is 1.86 bits per heavy atom. The first-order valence-corrected chi connectivity index (χ1v) is 8.03. The van der Waals surface area contributed by atoms with Crippen molar-refractivity contribution in [3.8, 4) is 0 Å². The maximum Gasteiger partial charge on any atom is 0.191 e. The van der Waals surface area contributed by atoms with Gasteiger partial charge in [0.1, 0.15) is 0 Å². The van der Waals surface area contributed by atoms with Gasteiger partial charge < -0.3 is 15.2 Å². The van der Waals surface area contributed by atoms with Gasteiger partial charge in [-0.05, 0) is 43.2 Å². The molecule has 2 rings (SSSR count). The summed E-state index contributed by atoms with van der Waals surface area (Å²) in [5.41, 5.74) is 1.25. The predicted molar refractivity (Wildman–Crippen MR) is 93.6 cm³/mol. The zero-order valence-corrected chi connectivity index (χ0v) is 13.7. The smallest absolute Gasteiger partial charge is 0.191 e. The molecule has 22 heavy (non-hydrogen) atoms. The van der Waals surface area contributed by atoms with E-state index >= 15 is 0 Å². The van der Waals surface area contributed by atoms with Gasteiger partial charge in [-0.1, -0.05) is 23.7 Å². The second kappa shape index (κ2) is 9.15. The second-order valence-electron chi connectivity index (χ2n) is 4.98. The molecule has 0 bridgehead atoms. The summed E-state index contributed by atoms with van der Waals surface area (Å²) in [5.74, 6) is 0.864. The van der Waals surface area contributed by atoms with E-state index in [1.807, 2.05) is 36.4 Å². The van der Waals surface area contributed by atoms with Crippen LogP contribution < -0.4 is 10.6 Å². The van der Waals surface area contributed by atoms with Crippen LogP contribution in [0.5, 0.6) is 0 Å². The molecule has 4 nitrogen and oxygen atoms in total. The van der Waals surface area contributed by atoms with Crippen molar-refractivity contribution in [2.24, 2.45) is 4.99 Å². The molecule has 0 saturated carbocycles. The van der Waals surface area contributed by atoms with Gasteiger partial charge in [0.15, 0.2) is 5.96 Å². The van der Waals surface area contributed by atoms with Gasteiger partial charge in [-0.15, -0.1) is 0 Å². The number of halogens is 1. The molecule has 0 aliphatic carbocycles. The summed E-state index contributed by atoms with van der Waals surface area (Å²) in [6, 6.07) is 12.0. The number of aliphatic imine (C=N–C) groups is 1. The average Bonchev–Trinajstić information content (AvgIpc) is 3.02. The lowest BCUT2D eigenvalue weighted by Crippen LogP contribution is -2.39. The SMILES string of the molecule is CCNC(=NCCc1ccc(Cl)cc1)NCCn1cccc1. The normalized spacial score (nSPS) is 11.5. The van der Waals surface area contributed by atoms with Crippen LogP contribution in [0.3, 0.4) is 0 Å². The van der Waals surface area contributed by atoms with Gasteiger partial charge in [0.2, 0.25) is 0 Å². The topological polar surface area (TPSA) is 41.4 Å². The standard InChI is InChI=1S/C17H23ClN4/c1-2-19-17(21-11-14-22-12-3-4-13-22)20-10-9-15-5-7-16(18)8-6-15/h3-8,12-13H,2,9-11,14H2,1H3,(H2,19,20,21). The molecule has 1 aromatic carbocycles. The van der Waals surface area contributed by atoms with Crippen molar-refractivity contribution in [2.45, 2.75) is 19.9 Å². The Kier molecular flexibility index (Phi) is 6.84. The van der Waals surface area contributed by atoms with Gasteiger partial charge in [0.05, 0.1) is 0 Å². The minimum Gasteiger partial charge on any atom is -0.357 e.